The summed E-state index contributed by atoms with van der Waals surface area (Å²) < 4.78 is 12.0. The number of ether oxygens (including phenoxy) is 2. The highest BCUT2D eigenvalue weighted by molar-refractivity contribution is 5.75. The number of rotatable bonds is 4. The van der Waals surface area contributed by atoms with Crippen molar-refractivity contribution in [3.05, 3.63) is 24.4 Å². The van der Waals surface area contributed by atoms with Crippen molar-refractivity contribution in [3.8, 4) is 5.88 Å². The molecule has 3 heterocycles. The Balaban J connectivity index is 1.33. The van der Waals surface area contributed by atoms with E-state index in [9.17, 15) is 4.79 Å². The summed E-state index contributed by atoms with van der Waals surface area (Å²) in [6.07, 6.45) is 9.62. The lowest BCUT2D eigenvalue weighted by molar-refractivity contribution is -0.0719. The number of amides is 2. The minimum absolute atomic E-state index is 0.0291. The largest absolute Gasteiger partial charge is 0.472 e. The van der Waals surface area contributed by atoms with Gasteiger partial charge in [0.2, 0.25) is 5.88 Å². The Labute approximate surface area is 179 Å². The fraction of sp³-hybridized carbons (Fsp3) is 0.739. The molecule has 0 spiro atoms. The van der Waals surface area contributed by atoms with Crippen molar-refractivity contribution in [3.63, 3.8) is 0 Å². The molecule has 4 atom stereocenters. The zero-order valence-corrected chi connectivity index (χ0v) is 17.7. The summed E-state index contributed by atoms with van der Waals surface area (Å²) in [4.78, 5) is 22.2. The van der Waals surface area contributed by atoms with Gasteiger partial charge in [0, 0.05) is 49.4 Å². The normalized spacial score (nSPS) is 32.7. The van der Waals surface area contributed by atoms with E-state index in [4.69, 9.17) is 9.47 Å². The second-order valence-corrected chi connectivity index (χ2v) is 9.25. The summed E-state index contributed by atoms with van der Waals surface area (Å²) in [5, 5.41) is 3.30. The maximum absolute atomic E-state index is 13.2. The Kier molecular flexibility index (Phi) is 6.09. The van der Waals surface area contributed by atoms with E-state index in [1.54, 1.807) is 6.20 Å². The lowest BCUT2D eigenvalue weighted by Crippen LogP contribution is -2.64. The van der Waals surface area contributed by atoms with Crippen LogP contribution in [0.2, 0.25) is 0 Å². The topological polar surface area (TPSA) is 66.9 Å². The maximum atomic E-state index is 13.2. The first kappa shape index (κ1) is 20.1. The highest BCUT2D eigenvalue weighted by Gasteiger charge is 2.47. The monoisotopic (exact) mass is 414 g/mol. The molecular weight excluding hydrogens is 380 g/mol. The molecule has 7 nitrogen and oxygen atoms in total. The molecule has 2 aliphatic heterocycles. The Hall–Kier alpha value is -1.86. The molecule has 2 amide bonds. The van der Waals surface area contributed by atoms with E-state index in [-0.39, 0.29) is 12.1 Å². The van der Waals surface area contributed by atoms with E-state index in [1.807, 2.05) is 18.2 Å². The van der Waals surface area contributed by atoms with Crippen LogP contribution in [-0.2, 0) is 4.74 Å². The number of aromatic nitrogens is 1. The van der Waals surface area contributed by atoms with Gasteiger partial charge in [-0.25, -0.2) is 9.78 Å². The molecule has 30 heavy (non-hydrogen) atoms. The summed E-state index contributed by atoms with van der Waals surface area (Å²) in [6, 6.07) is 7.04. The van der Waals surface area contributed by atoms with Gasteiger partial charge in [0.05, 0.1) is 19.8 Å². The molecule has 1 aromatic heterocycles. The van der Waals surface area contributed by atoms with Crippen LogP contribution in [-0.4, -0.2) is 77.9 Å². The molecule has 7 heteroatoms. The average molecular weight is 415 g/mol. The molecule has 0 unspecified atom stereocenters. The smallest absolute Gasteiger partial charge is 0.317 e. The second kappa shape index (κ2) is 9.10. The van der Waals surface area contributed by atoms with Crippen LogP contribution in [0.25, 0.3) is 0 Å². The Morgan fingerprint density at radius 1 is 1.13 bits per heavy atom. The van der Waals surface area contributed by atoms with Crippen LogP contribution in [0.3, 0.4) is 0 Å². The van der Waals surface area contributed by atoms with Crippen LogP contribution in [0, 0.1) is 5.92 Å². The van der Waals surface area contributed by atoms with Gasteiger partial charge < -0.3 is 19.7 Å². The minimum Gasteiger partial charge on any atom is -0.472 e. The SMILES string of the molecule is O=C(NC1CCCC1)N1C[C@H](Oc2ccccn2)[C@H]2C[C@@H]1CC[C@H]2N1CCOCC1. The molecule has 1 N–H and O–H groups in total. The predicted molar refractivity (Wildman–Crippen MR) is 113 cm³/mol. The zero-order chi connectivity index (χ0) is 20.3. The summed E-state index contributed by atoms with van der Waals surface area (Å²) in [6.45, 7) is 4.26. The first-order chi connectivity index (χ1) is 14.8. The third kappa shape index (κ3) is 4.28. The van der Waals surface area contributed by atoms with Crippen molar-refractivity contribution >= 4 is 6.03 Å². The lowest BCUT2D eigenvalue weighted by Gasteiger charge is -2.52. The molecule has 0 aromatic carbocycles. The van der Waals surface area contributed by atoms with Gasteiger partial charge in [-0.2, -0.15) is 0 Å². The first-order valence-corrected chi connectivity index (χ1v) is 11.7. The van der Waals surface area contributed by atoms with Crippen molar-refractivity contribution in [1.29, 1.82) is 0 Å². The molecule has 2 aliphatic carbocycles. The van der Waals surface area contributed by atoms with Crippen LogP contribution in [0.15, 0.2) is 24.4 Å². The van der Waals surface area contributed by atoms with E-state index in [0.29, 0.717) is 36.5 Å². The van der Waals surface area contributed by atoms with E-state index in [1.165, 1.54) is 12.8 Å². The van der Waals surface area contributed by atoms with Crippen molar-refractivity contribution in [2.24, 2.45) is 5.92 Å². The summed E-state index contributed by atoms with van der Waals surface area (Å²) in [7, 11) is 0. The van der Waals surface area contributed by atoms with Gasteiger partial charge in [-0.15, -0.1) is 0 Å². The van der Waals surface area contributed by atoms with Crippen molar-refractivity contribution in [2.75, 3.05) is 32.8 Å². The van der Waals surface area contributed by atoms with Crippen LogP contribution < -0.4 is 10.1 Å². The van der Waals surface area contributed by atoms with E-state index in [2.05, 4.69) is 20.1 Å². The van der Waals surface area contributed by atoms with Gasteiger partial charge in [0.15, 0.2) is 0 Å². The number of morpholine rings is 1. The molecule has 2 saturated carbocycles. The third-order valence-electron chi connectivity index (χ3n) is 7.50. The van der Waals surface area contributed by atoms with E-state index in [0.717, 1.165) is 58.4 Å². The third-order valence-corrected chi connectivity index (χ3v) is 7.50. The number of hydrogen-bond acceptors (Lipinski definition) is 5. The lowest BCUT2D eigenvalue weighted by atomic mass is 9.74. The molecule has 0 radical (unpaired) electrons. The van der Waals surface area contributed by atoms with Gasteiger partial charge in [0.1, 0.15) is 6.10 Å². The predicted octanol–water partition coefficient (Wildman–Crippen LogP) is 2.67. The van der Waals surface area contributed by atoms with E-state index < -0.39 is 0 Å². The van der Waals surface area contributed by atoms with Gasteiger partial charge in [-0.05, 0) is 38.2 Å². The quantitative estimate of drug-likeness (QED) is 0.821. The number of nitrogens with zero attached hydrogens (tertiary/aromatic N) is 3. The second-order valence-electron chi connectivity index (χ2n) is 9.25. The van der Waals surface area contributed by atoms with Crippen LogP contribution in [0.4, 0.5) is 4.79 Å². The number of hydrogen-bond donors (Lipinski definition) is 1. The fourth-order valence-electron chi connectivity index (χ4n) is 5.96. The van der Waals surface area contributed by atoms with Crippen LogP contribution in [0.5, 0.6) is 5.88 Å². The van der Waals surface area contributed by atoms with Gasteiger partial charge in [0.25, 0.3) is 0 Å². The highest BCUT2D eigenvalue weighted by Crippen LogP contribution is 2.39. The fourth-order valence-corrected chi connectivity index (χ4v) is 5.96. The molecule has 4 fully saturated rings. The number of piperidine rings is 1. The number of nitrogens with one attached hydrogen (secondary N) is 1. The standard InChI is InChI=1S/C23H34N4O3/c28-23(25-17-5-1-2-6-17)27-16-21(30-22-7-3-4-10-24-22)19-15-18(27)8-9-20(19)26-11-13-29-14-12-26/h3-4,7,10,17-21H,1-2,5-6,8-9,11-16H2,(H,25,28)/t18-,19-,20+,21-/m0/s1. The number of fused-ring (bicyclic) bond motifs is 2. The maximum Gasteiger partial charge on any atom is 0.317 e. The van der Waals surface area contributed by atoms with Crippen molar-refractivity contribution in [1.82, 2.24) is 20.1 Å². The number of likely N-dealkylation sites (tertiary alicyclic amines) is 1. The highest BCUT2D eigenvalue weighted by atomic mass is 16.5. The number of urea groups is 1. The average Bonchev–Trinajstić information content (AvgIpc) is 3.30. The molecule has 5 rings (SSSR count). The zero-order valence-electron chi connectivity index (χ0n) is 17.7. The summed E-state index contributed by atoms with van der Waals surface area (Å²) in [5.74, 6) is 1.07. The summed E-state index contributed by atoms with van der Waals surface area (Å²) in [5.41, 5.74) is 0. The molecule has 2 saturated heterocycles. The molecule has 2 bridgehead atoms. The van der Waals surface area contributed by atoms with Gasteiger partial charge in [-0.3, -0.25) is 4.90 Å². The number of pyridine rings is 1. The molecule has 164 valence electrons. The molecular formula is C23H34N4O3. The molecule has 1 aromatic rings. The number of carbonyl (C=O) groups is 1. The van der Waals surface area contributed by atoms with E-state index >= 15 is 0 Å². The van der Waals surface area contributed by atoms with Crippen molar-refractivity contribution in [2.45, 2.75) is 69.2 Å². The number of carbonyl (C=O) groups excluding carboxylic acids is 1. The summed E-state index contributed by atoms with van der Waals surface area (Å²) >= 11 is 0. The van der Waals surface area contributed by atoms with Gasteiger partial charge in [-0.1, -0.05) is 18.9 Å². The molecule has 4 aliphatic rings. The Morgan fingerprint density at radius 2 is 1.97 bits per heavy atom. The van der Waals surface area contributed by atoms with Gasteiger partial charge >= 0.3 is 6.03 Å². The first-order valence-electron chi connectivity index (χ1n) is 11.7. The minimum atomic E-state index is -0.0291. The van der Waals surface area contributed by atoms with Crippen LogP contribution >= 0.6 is 0 Å². The van der Waals surface area contributed by atoms with Crippen molar-refractivity contribution < 1.29 is 14.3 Å². The Morgan fingerprint density at radius 3 is 2.73 bits per heavy atom. The Bertz CT molecular complexity index is 706. The van der Waals surface area contributed by atoms with Crippen LogP contribution in [0.1, 0.15) is 44.9 Å².